The van der Waals surface area contributed by atoms with Gasteiger partial charge in [-0.15, -0.1) is 0 Å². The molecule has 1 aliphatic heterocycles. The van der Waals surface area contributed by atoms with E-state index in [0.717, 1.165) is 17.0 Å². The zero-order valence-corrected chi connectivity index (χ0v) is 19.3. The lowest BCUT2D eigenvalue weighted by molar-refractivity contribution is -0.385. The maximum Gasteiger partial charge on any atom is 0.416 e. The van der Waals surface area contributed by atoms with Crippen molar-refractivity contribution in [2.45, 2.75) is 26.6 Å². The van der Waals surface area contributed by atoms with Crippen LogP contribution in [0.2, 0.25) is 0 Å². The van der Waals surface area contributed by atoms with Crippen LogP contribution >= 0.6 is 11.8 Å². The monoisotopic (exact) mass is 501 g/mol. The molecule has 0 radical (unpaired) electrons. The molecule has 0 aliphatic carbocycles. The number of hydrogen-bond donors (Lipinski definition) is 0. The number of thioether (sulfide) groups is 1. The fourth-order valence-electron chi connectivity index (χ4n) is 3.92. The summed E-state index contributed by atoms with van der Waals surface area (Å²) in [5.74, 6) is -0.595. The molecule has 2 amide bonds. The maximum atomic E-state index is 13.2. The quantitative estimate of drug-likeness (QED) is 0.234. The average Bonchev–Trinajstić information content (AvgIpc) is 3.22. The summed E-state index contributed by atoms with van der Waals surface area (Å²) in [4.78, 5) is 37.2. The van der Waals surface area contributed by atoms with E-state index >= 15 is 0 Å². The molecule has 2 aromatic carbocycles. The number of hydrogen-bond acceptors (Lipinski definition) is 5. The van der Waals surface area contributed by atoms with Crippen molar-refractivity contribution >= 4 is 34.7 Å². The molecule has 0 spiro atoms. The molecule has 0 saturated carbocycles. The van der Waals surface area contributed by atoms with Crippen molar-refractivity contribution in [2.24, 2.45) is 0 Å². The zero-order valence-electron chi connectivity index (χ0n) is 18.5. The Morgan fingerprint density at radius 2 is 1.77 bits per heavy atom. The van der Waals surface area contributed by atoms with Gasteiger partial charge in [-0.3, -0.25) is 24.6 Å². The summed E-state index contributed by atoms with van der Waals surface area (Å²) in [5.41, 5.74) is 1.37. The highest BCUT2D eigenvalue weighted by Crippen LogP contribution is 2.36. The van der Waals surface area contributed by atoms with E-state index in [9.17, 15) is 32.9 Å². The molecule has 11 heteroatoms. The van der Waals surface area contributed by atoms with Crippen molar-refractivity contribution in [3.63, 3.8) is 0 Å². The average molecular weight is 501 g/mol. The van der Waals surface area contributed by atoms with Gasteiger partial charge in [-0.25, -0.2) is 0 Å². The van der Waals surface area contributed by atoms with Gasteiger partial charge in [0.1, 0.15) is 0 Å². The highest BCUT2D eigenvalue weighted by molar-refractivity contribution is 8.18. The van der Waals surface area contributed by atoms with E-state index in [4.69, 9.17) is 0 Å². The molecule has 0 N–H and O–H groups in total. The topological polar surface area (TPSA) is 85.5 Å². The van der Waals surface area contributed by atoms with Gasteiger partial charge >= 0.3 is 6.18 Å². The van der Waals surface area contributed by atoms with Crippen LogP contribution in [-0.2, 0) is 17.5 Å². The molecule has 180 valence electrons. The molecule has 3 aromatic rings. The van der Waals surface area contributed by atoms with Gasteiger partial charge in [0.05, 0.1) is 21.9 Å². The van der Waals surface area contributed by atoms with Gasteiger partial charge in [0.15, 0.2) is 0 Å². The van der Waals surface area contributed by atoms with Gasteiger partial charge in [0, 0.05) is 28.7 Å². The molecule has 0 bridgehead atoms. The van der Waals surface area contributed by atoms with Gasteiger partial charge in [-0.05, 0) is 61.5 Å². The van der Waals surface area contributed by atoms with Crippen molar-refractivity contribution < 1.29 is 27.7 Å². The molecule has 1 aromatic heterocycles. The minimum atomic E-state index is -4.49. The van der Waals surface area contributed by atoms with Gasteiger partial charge in [-0.2, -0.15) is 13.2 Å². The Labute approximate surface area is 202 Å². The fourth-order valence-corrected chi connectivity index (χ4v) is 4.75. The normalized spacial score (nSPS) is 15.3. The van der Waals surface area contributed by atoms with Crippen LogP contribution in [0, 0.1) is 24.0 Å². The Balaban J connectivity index is 1.65. The maximum absolute atomic E-state index is 13.2. The number of amides is 2. The number of nitro groups is 1. The largest absolute Gasteiger partial charge is 0.416 e. The second-order valence-electron chi connectivity index (χ2n) is 7.86. The summed E-state index contributed by atoms with van der Waals surface area (Å²) in [6, 6.07) is 12.5. The van der Waals surface area contributed by atoms with Gasteiger partial charge < -0.3 is 4.57 Å². The molecule has 4 rings (SSSR count). The molecule has 0 atom stereocenters. The highest BCUT2D eigenvalue weighted by atomic mass is 32.2. The predicted molar refractivity (Wildman–Crippen MR) is 125 cm³/mol. The lowest BCUT2D eigenvalue weighted by Gasteiger charge is -2.13. The number of nitrogens with zero attached hydrogens (tertiary/aromatic N) is 3. The SMILES string of the molecule is Cc1cc(/C=C2\SC(=O)N(Cc3ccccc3[N+](=O)[O-])C2=O)c(C)n1-c1cccc(C(F)(F)F)c1. The van der Waals surface area contributed by atoms with Crippen molar-refractivity contribution in [1.29, 1.82) is 0 Å². The van der Waals surface area contributed by atoms with Crippen LogP contribution in [0.15, 0.2) is 59.5 Å². The third-order valence-corrected chi connectivity index (χ3v) is 6.49. The minimum Gasteiger partial charge on any atom is -0.318 e. The number of alkyl halides is 3. The number of nitro benzene ring substituents is 1. The van der Waals surface area contributed by atoms with Crippen molar-refractivity contribution in [1.82, 2.24) is 9.47 Å². The number of para-hydroxylation sites is 1. The first-order valence-corrected chi connectivity index (χ1v) is 11.1. The second kappa shape index (κ2) is 9.06. The van der Waals surface area contributed by atoms with Crippen LogP contribution < -0.4 is 0 Å². The minimum absolute atomic E-state index is 0.123. The van der Waals surface area contributed by atoms with E-state index in [2.05, 4.69) is 0 Å². The van der Waals surface area contributed by atoms with Crippen LogP contribution in [0.1, 0.15) is 28.1 Å². The molecule has 1 saturated heterocycles. The number of carbonyl (C=O) groups is 2. The fraction of sp³-hybridized carbons (Fsp3) is 0.167. The van der Waals surface area contributed by atoms with Crippen molar-refractivity contribution in [3.05, 3.63) is 97.7 Å². The molecule has 35 heavy (non-hydrogen) atoms. The van der Waals surface area contributed by atoms with Crippen molar-refractivity contribution in [3.8, 4) is 5.69 Å². The Hall–Kier alpha value is -3.86. The van der Waals surface area contributed by atoms with Gasteiger partial charge in [0.2, 0.25) is 0 Å². The first kappa shape index (κ1) is 24.3. The third kappa shape index (κ3) is 4.72. The Morgan fingerprint density at radius 3 is 2.46 bits per heavy atom. The van der Waals surface area contributed by atoms with E-state index in [1.54, 1.807) is 36.6 Å². The summed E-state index contributed by atoms with van der Waals surface area (Å²) in [7, 11) is 0. The van der Waals surface area contributed by atoms with Gasteiger partial charge in [-0.1, -0.05) is 24.3 Å². The Morgan fingerprint density at radius 1 is 1.06 bits per heavy atom. The third-order valence-electron chi connectivity index (χ3n) is 5.58. The zero-order chi connectivity index (χ0) is 25.5. The number of carbonyl (C=O) groups excluding carboxylic acids is 2. The smallest absolute Gasteiger partial charge is 0.318 e. The standard InChI is InChI=1S/C24H18F3N3O4S/c1-14-10-17(15(2)29(14)19-8-5-7-18(12-19)24(25,26)27)11-21-22(31)28(23(32)35-21)13-16-6-3-4-9-20(16)30(33)34/h3-12H,13H2,1-2H3/b21-11-. The van der Waals surface area contributed by atoms with E-state index in [0.29, 0.717) is 34.4 Å². The molecular formula is C24H18F3N3O4S. The number of halogens is 3. The summed E-state index contributed by atoms with van der Waals surface area (Å²) in [6.07, 6.45) is -2.98. The Kier molecular flexibility index (Phi) is 6.28. The number of aryl methyl sites for hydroxylation is 1. The van der Waals surface area contributed by atoms with E-state index in [1.165, 1.54) is 30.3 Å². The van der Waals surface area contributed by atoms with Crippen LogP contribution in [0.5, 0.6) is 0 Å². The molecule has 7 nitrogen and oxygen atoms in total. The second-order valence-corrected chi connectivity index (χ2v) is 8.86. The van der Waals surface area contributed by atoms with E-state index in [1.807, 2.05) is 0 Å². The van der Waals surface area contributed by atoms with Crippen LogP contribution in [0.4, 0.5) is 23.7 Å². The summed E-state index contributed by atoms with van der Waals surface area (Å²) in [5, 5.41) is 10.7. The molecule has 2 heterocycles. The summed E-state index contributed by atoms with van der Waals surface area (Å²) >= 11 is 0.706. The number of imide groups is 1. The highest BCUT2D eigenvalue weighted by Gasteiger charge is 2.36. The van der Waals surface area contributed by atoms with Crippen molar-refractivity contribution in [2.75, 3.05) is 0 Å². The Bertz CT molecular complexity index is 1390. The number of benzene rings is 2. The van der Waals surface area contributed by atoms with Crippen LogP contribution in [0.3, 0.4) is 0 Å². The molecule has 1 fully saturated rings. The summed E-state index contributed by atoms with van der Waals surface area (Å²) in [6.45, 7) is 3.18. The molecule has 1 aliphatic rings. The van der Waals surface area contributed by atoms with Crippen LogP contribution in [-0.4, -0.2) is 25.5 Å². The summed E-state index contributed by atoms with van der Waals surface area (Å²) < 4.78 is 41.1. The van der Waals surface area contributed by atoms with Gasteiger partial charge in [0.25, 0.3) is 16.8 Å². The number of rotatable bonds is 5. The van der Waals surface area contributed by atoms with Crippen LogP contribution in [0.25, 0.3) is 11.8 Å². The molecular weight excluding hydrogens is 483 g/mol. The predicted octanol–water partition coefficient (Wildman–Crippen LogP) is 6.26. The van der Waals surface area contributed by atoms with E-state index in [-0.39, 0.29) is 22.7 Å². The first-order chi connectivity index (χ1) is 16.5. The lowest BCUT2D eigenvalue weighted by Crippen LogP contribution is -2.27. The first-order valence-electron chi connectivity index (χ1n) is 10.3. The number of aromatic nitrogens is 1. The molecule has 0 unspecified atom stereocenters. The van der Waals surface area contributed by atoms with E-state index < -0.39 is 27.8 Å². The lowest BCUT2D eigenvalue weighted by atomic mass is 10.1.